The van der Waals surface area contributed by atoms with E-state index in [1.165, 1.54) is 12.0 Å². The van der Waals surface area contributed by atoms with Gasteiger partial charge in [-0.1, -0.05) is 6.07 Å². The van der Waals surface area contributed by atoms with Gasteiger partial charge in [0.1, 0.15) is 0 Å². The number of rotatable bonds is 8. The molecule has 0 saturated carbocycles. The van der Waals surface area contributed by atoms with E-state index in [9.17, 15) is 4.79 Å². The molecular weight excluding hydrogens is 312 g/mol. The molecule has 0 bridgehead atoms. The van der Waals surface area contributed by atoms with Crippen LogP contribution in [-0.2, 0) is 11.2 Å². The average Bonchev–Trinajstić information content (AvgIpc) is 2.57. The summed E-state index contributed by atoms with van der Waals surface area (Å²) in [6, 6.07) is 4.91. The second kappa shape index (κ2) is 9.88. The molecule has 0 radical (unpaired) electrons. The molecule has 1 saturated heterocycles. The standard InChI is InChI=1S/C20H34N4O/c1-17-15-23(16-18(2)24(17)13-7-12-22(3)4)20(25)10-5-8-19-9-6-11-21-14-19/h6,9,11,14,17-18H,5,7-8,10,12-13,15-16H2,1-4H3. The van der Waals surface area contributed by atoms with Crippen LogP contribution in [0.2, 0.25) is 0 Å². The number of pyridine rings is 1. The van der Waals surface area contributed by atoms with Crippen LogP contribution >= 0.6 is 0 Å². The molecular formula is C20H34N4O. The molecule has 2 atom stereocenters. The second-order valence-electron chi connectivity index (χ2n) is 7.61. The predicted molar refractivity (Wildman–Crippen MR) is 103 cm³/mol. The average molecular weight is 347 g/mol. The maximum Gasteiger partial charge on any atom is 0.222 e. The zero-order valence-corrected chi connectivity index (χ0v) is 16.3. The number of piperazine rings is 1. The molecule has 1 aliphatic heterocycles. The highest BCUT2D eigenvalue weighted by molar-refractivity contribution is 5.76. The number of carbonyl (C=O) groups excluding carboxylic acids is 1. The summed E-state index contributed by atoms with van der Waals surface area (Å²) in [6.07, 6.45) is 7.32. The van der Waals surface area contributed by atoms with Gasteiger partial charge in [0.25, 0.3) is 0 Å². The number of hydrogen-bond donors (Lipinski definition) is 0. The van der Waals surface area contributed by atoms with E-state index < -0.39 is 0 Å². The third-order valence-corrected chi connectivity index (χ3v) is 5.05. The molecule has 1 amide bonds. The third-order valence-electron chi connectivity index (χ3n) is 5.05. The van der Waals surface area contributed by atoms with E-state index >= 15 is 0 Å². The molecule has 5 nitrogen and oxygen atoms in total. The fourth-order valence-electron chi connectivity index (χ4n) is 3.72. The Kier molecular flexibility index (Phi) is 7.85. The zero-order valence-electron chi connectivity index (χ0n) is 16.3. The van der Waals surface area contributed by atoms with Crippen LogP contribution in [-0.4, -0.2) is 77.9 Å². The van der Waals surface area contributed by atoms with E-state index in [4.69, 9.17) is 0 Å². The van der Waals surface area contributed by atoms with Gasteiger partial charge in [-0.05, 0) is 65.4 Å². The minimum Gasteiger partial charge on any atom is -0.340 e. The summed E-state index contributed by atoms with van der Waals surface area (Å²) in [5.41, 5.74) is 1.21. The van der Waals surface area contributed by atoms with Crippen molar-refractivity contribution in [3.8, 4) is 0 Å². The molecule has 1 fully saturated rings. The van der Waals surface area contributed by atoms with Crippen molar-refractivity contribution in [2.24, 2.45) is 0 Å². The van der Waals surface area contributed by atoms with Crippen molar-refractivity contribution in [2.45, 2.75) is 51.6 Å². The van der Waals surface area contributed by atoms with E-state index in [0.717, 1.165) is 39.0 Å². The van der Waals surface area contributed by atoms with Gasteiger partial charge in [0.05, 0.1) is 0 Å². The summed E-state index contributed by atoms with van der Waals surface area (Å²) in [5.74, 6) is 0.301. The number of carbonyl (C=O) groups is 1. The van der Waals surface area contributed by atoms with E-state index in [-0.39, 0.29) is 0 Å². The van der Waals surface area contributed by atoms with Crippen LogP contribution in [0.15, 0.2) is 24.5 Å². The molecule has 1 aliphatic rings. The highest BCUT2D eigenvalue weighted by Gasteiger charge is 2.30. The van der Waals surface area contributed by atoms with Crippen LogP contribution in [0.5, 0.6) is 0 Å². The topological polar surface area (TPSA) is 39.7 Å². The van der Waals surface area contributed by atoms with Gasteiger partial charge in [0.15, 0.2) is 0 Å². The molecule has 0 N–H and O–H groups in total. The van der Waals surface area contributed by atoms with Crippen LogP contribution in [0.3, 0.4) is 0 Å². The number of amides is 1. The molecule has 0 aliphatic carbocycles. The van der Waals surface area contributed by atoms with E-state index in [1.807, 2.05) is 12.3 Å². The van der Waals surface area contributed by atoms with Gasteiger partial charge in [-0.15, -0.1) is 0 Å². The summed E-state index contributed by atoms with van der Waals surface area (Å²) in [5, 5.41) is 0. The van der Waals surface area contributed by atoms with Gasteiger partial charge < -0.3 is 9.80 Å². The molecule has 25 heavy (non-hydrogen) atoms. The Hall–Kier alpha value is -1.46. The molecule has 1 aromatic heterocycles. The zero-order chi connectivity index (χ0) is 18.2. The molecule has 2 rings (SSSR count). The number of aryl methyl sites for hydroxylation is 1. The monoisotopic (exact) mass is 346 g/mol. The summed E-state index contributed by atoms with van der Waals surface area (Å²) in [4.78, 5) is 23.6. The largest absolute Gasteiger partial charge is 0.340 e. The number of nitrogens with zero attached hydrogens (tertiary/aromatic N) is 4. The smallest absolute Gasteiger partial charge is 0.222 e. The highest BCUT2D eigenvalue weighted by atomic mass is 16.2. The van der Waals surface area contributed by atoms with Gasteiger partial charge in [-0.25, -0.2) is 0 Å². The Bertz CT molecular complexity index is 508. The first-order chi connectivity index (χ1) is 12.0. The molecule has 5 heteroatoms. The summed E-state index contributed by atoms with van der Waals surface area (Å²) in [6.45, 7) is 8.45. The van der Waals surface area contributed by atoms with Crippen molar-refractivity contribution in [1.82, 2.24) is 19.7 Å². The van der Waals surface area contributed by atoms with Crippen LogP contribution in [0.1, 0.15) is 38.7 Å². The Morgan fingerprint density at radius 1 is 1.24 bits per heavy atom. The number of aromatic nitrogens is 1. The van der Waals surface area contributed by atoms with Crippen molar-refractivity contribution in [3.63, 3.8) is 0 Å². The van der Waals surface area contributed by atoms with Crippen LogP contribution in [0.25, 0.3) is 0 Å². The Morgan fingerprint density at radius 3 is 2.56 bits per heavy atom. The van der Waals surface area contributed by atoms with E-state index in [0.29, 0.717) is 24.4 Å². The van der Waals surface area contributed by atoms with Crippen LogP contribution in [0, 0.1) is 0 Å². The lowest BCUT2D eigenvalue weighted by Gasteiger charge is -2.44. The van der Waals surface area contributed by atoms with Gasteiger partial charge in [-0.2, -0.15) is 0 Å². The maximum atomic E-state index is 12.6. The summed E-state index contributed by atoms with van der Waals surface area (Å²) in [7, 11) is 4.24. The van der Waals surface area contributed by atoms with Crippen LogP contribution < -0.4 is 0 Å². The normalized spacial score (nSPS) is 21.7. The lowest BCUT2D eigenvalue weighted by Crippen LogP contribution is -2.58. The quantitative estimate of drug-likeness (QED) is 0.724. The van der Waals surface area contributed by atoms with Crippen molar-refractivity contribution in [3.05, 3.63) is 30.1 Å². The van der Waals surface area contributed by atoms with Gasteiger partial charge in [0, 0.05) is 50.5 Å². The molecule has 140 valence electrons. The second-order valence-corrected chi connectivity index (χ2v) is 7.61. The van der Waals surface area contributed by atoms with Crippen molar-refractivity contribution >= 4 is 5.91 Å². The van der Waals surface area contributed by atoms with E-state index in [1.54, 1.807) is 6.20 Å². The third kappa shape index (κ3) is 6.40. The minimum absolute atomic E-state index is 0.301. The van der Waals surface area contributed by atoms with Gasteiger partial charge >= 0.3 is 0 Å². The predicted octanol–water partition coefficient (Wildman–Crippen LogP) is 2.28. The molecule has 1 aromatic rings. The first-order valence-corrected chi connectivity index (χ1v) is 9.54. The fourth-order valence-corrected chi connectivity index (χ4v) is 3.72. The number of hydrogen-bond acceptors (Lipinski definition) is 4. The summed E-state index contributed by atoms with van der Waals surface area (Å²) >= 11 is 0. The molecule has 0 aromatic carbocycles. The Balaban J connectivity index is 1.75. The molecule has 0 spiro atoms. The fraction of sp³-hybridized carbons (Fsp3) is 0.700. The van der Waals surface area contributed by atoms with E-state index in [2.05, 4.69) is 53.7 Å². The maximum absolute atomic E-state index is 12.6. The Labute approximate surface area is 153 Å². The van der Waals surface area contributed by atoms with Crippen molar-refractivity contribution in [2.75, 3.05) is 40.3 Å². The molecule has 2 heterocycles. The Morgan fingerprint density at radius 2 is 1.96 bits per heavy atom. The van der Waals surface area contributed by atoms with Gasteiger partial charge in [0.2, 0.25) is 5.91 Å². The first kappa shape index (κ1) is 19.9. The van der Waals surface area contributed by atoms with Crippen molar-refractivity contribution in [1.29, 1.82) is 0 Å². The lowest BCUT2D eigenvalue weighted by atomic mass is 10.1. The lowest BCUT2D eigenvalue weighted by molar-refractivity contribution is -0.135. The SMILES string of the molecule is CC1CN(C(=O)CCCc2cccnc2)CC(C)N1CCCN(C)C. The van der Waals surface area contributed by atoms with Crippen LogP contribution in [0.4, 0.5) is 0 Å². The summed E-state index contributed by atoms with van der Waals surface area (Å²) < 4.78 is 0. The highest BCUT2D eigenvalue weighted by Crippen LogP contribution is 2.17. The minimum atomic E-state index is 0.301. The van der Waals surface area contributed by atoms with Crippen molar-refractivity contribution < 1.29 is 4.79 Å². The first-order valence-electron chi connectivity index (χ1n) is 9.54. The van der Waals surface area contributed by atoms with Gasteiger partial charge in [-0.3, -0.25) is 14.7 Å². The molecule has 2 unspecified atom stereocenters.